The van der Waals surface area contributed by atoms with Crippen LogP contribution in [-0.2, 0) is 6.42 Å². The fourth-order valence-electron chi connectivity index (χ4n) is 1.88. The molecule has 1 unspecified atom stereocenters. The van der Waals surface area contributed by atoms with Gasteiger partial charge in [0.1, 0.15) is 0 Å². The number of benzene rings is 1. The van der Waals surface area contributed by atoms with Gasteiger partial charge >= 0.3 is 0 Å². The van der Waals surface area contributed by atoms with Gasteiger partial charge in [0.15, 0.2) is 0 Å². The summed E-state index contributed by atoms with van der Waals surface area (Å²) in [4.78, 5) is 0. The quantitative estimate of drug-likeness (QED) is 0.765. The maximum absolute atomic E-state index is 5.91. The van der Waals surface area contributed by atoms with Crippen LogP contribution in [-0.4, -0.2) is 12.6 Å². The van der Waals surface area contributed by atoms with E-state index in [4.69, 9.17) is 11.6 Å². The van der Waals surface area contributed by atoms with Gasteiger partial charge in [-0.1, -0.05) is 23.7 Å². The van der Waals surface area contributed by atoms with Crippen molar-refractivity contribution < 1.29 is 0 Å². The molecule has 2 rings (SSSR count). The van der Waals surface area contributed by atoms with E-state index in [-0.39, 0.29) is 0 Å². The zero-order valence-electron chi connectivity index (χ0n) is 7.59. The van der Waals surface area contributed by atoms with Gasteiger partial charge in [0.2, 0.25) is 0 Å². The molecule has 1 aromatic rings. The van der Waals surface area contributed by atoms with E-state index < -0.39 is 0 Å². The van der Waals surface area contributed by atoms with Crippen molar-refractivity contribution in [1.29, 1.82) is 0 Å². The van der Waals surface area contributed by atoms with Crippen LogP contribution >= 0.6 is 11.6 Å². The maximum atomic E-state index is 5.91. The van der Waals surface area contributed by atoms with Gasteiger partial charge in [-0.3, -0.25) is 0 Å². The summed E-state index contributed by atoms with van der Waals surface area (Å²) < 4.78 is 0. The second-order valence-electron chi connectivity index (χ2n) is 3.63. The third-order valence-electron chi connectivity index (χ3n) is 2.53. The molecule has 1 aliphatic heterocycles. The van der Waals surface area contributed by atoms with E-state index in [1.165, 1.54) is 24.9 Å². The van der Waals surface area contributed by atoms with Crippen molar-refractivity contribution in [2.24, 2.45) is 0 Å². The molecular formula is C11H14ClN. The van der Waals surface area contributed by atoms with Gasteiger partial charge in [0.25, 0.3) is 0 Å². The van der Waals surface area contributed by atoms with E-state index in [1.54, 1.807) is 0 Å². The highest BCUT2D eigenvalue weighted by Gasteiger charge is 2.13. The molecule has 1 heterocycles. The number of hydrogen-bond acceptors (Lipinski definition) is 1. The van der Waals surface area contributed by atoms with Crippen LogP contribution in [0, 0.1) is 0 Å². The Morgan fingerprint density at radius 3 is 3.08 bits per heavy atom. The van der Waals surface area contributed by atoms with Crippen molar-refractivity contribution in [3.63, 3.8) is 0 Å². The molecule has 0 radical (unpaired) electrons. The molecule has 1 atom stereocenters. The lowest BCUT2D eigenvalue weighted by Crippen LogP contribution is -2.23. The Hall–Kier alpha value is -0.530. The average molecular weight is 196 g/mol. The van der Waals surface area contributed by atoms with Crippen LogP contribution < -0.4 is 5.32 Å². The third-order valence-corrected chi connectivity index (χ3v) is 2.77. The molecule has 0 aliphatic carbocycles. The van der Waals surface area contributed by atoms with Crippen molar-refractivity contribution >= 4 is 11.6 Å². The Bertz CT molecular complexity index is 279. The molecule has 1 aliphatic rings. The Morgan fingerprint density at radius 1 is 1.46 bits per heavy atom. The normalized spacial score (nSPS) is 22.1. The largest absolute Gasteiger partial charge is 0.314 e. The third kappa shape index (κ3) is 2.45. The van der Waals surface area contributed by atoms with E-state index >= 15 is 0 Å². The lowest BCUT2D eigenvalue weighted by molar-refractivity contribution is 0.603. The molecule has 70 valence electrons. The Balaban J connectivity index is 2.00. The Kier molecular flexibility index (Phi) is 2.87. The number of nitrogens with one attached hydrogen (secondary N) is 1. The monoisotopic (exact) mass is 195 g/mol. The highest BCUT2D eigenvalue weighted by Crippen LogP contribution is 2.15. The first kappa shape index (κ1) is 9.04. The molecule has 1 nitrogen and oxygen atoms in total. The highest BCUT2D eigenvalue weighted by atomic mass is 35.5. The molecule has 0 amide bonds. The second kappa shape index (κ2) is 4.12. The van der Waals surface area contributed by atoms with Crippen LogP contribution in [0.2, 0.25) is 5.02 Å². The second-order valence-corrected chi connectivity index (χ2v) is 4.06. The summed E-state index contributed by atoms with van der Waals surface area (Å²) >= 11 is 5.91. The summed E-state index contributed by atoms with van der Waals surface area (Å²) in [6, 6.07) is 8.81. The molecule has 0 saturated carbocycles. The van der Waals surface area contributed by atoms with Gasteiger partial charge in [-0.25, -0.2) is 0 Å². The van der Waals surface area contributed by atoms with Crippen LogP contribution in [0.4, 0.5) is 0 Å². The Labute approximate surface area is 84.1 Å². The molecule has 0 aromatic heterocycles. The first-order chi connectivity index (χ1) is 6.34. The number of rotatable bonds is 2. The summed E-state index contributed by atoms with van der Waals surface area (Å²) in [7, 11) is 0. The van der Waals surface area contributed by atoms with Crippen molar-refractivity contribution in [1.82, 2.24) is 5.32 Å². The van der Waals surface area contributed by atoms with Gasteiger partial charge < -0.3 is 5.32 Å². The highest BCUT2D eigenvalue weighted by molar-refractivity contribution is 6.30. The van der Waals surface area contributed by atoms with Crippen molar-refractivity contribution in [2.45, 2.75) is 25.3 Å². The van der Waals surface area contributed by atoms with Gasteiger partial charge in [-0.15, -0.1) is 0 Å². The van der Waals surface area contributed by atoms with Crippen molar-refractivity contribution in [2.75, 3.05) is 6.54 Å². The summed E-state index contributed by atoms with van der Waals surface area (Å²) in [5.74, 6) is 0. The fraction of sp³-hybridized carbons (Fsp3) is 0.455. The topological polar surface area (TPSA) is 12.0 Å². The smallest absolute Gasteiger partial charge is 0.0408 e. The minimum Gasteiger partial charge on any atom is -0.314 e. The van der Waals surface area contributed by atoms with E-state index in [2.05, 4.69) is 17.4 Å². The van der Waals surface area contributed by atoms with Crippen molar-refractivity contribution in [3.8, 4) is 0 Å². The fourth-order valence-corrected chi connectivity index (χ4v) is 2.09. The van der Waals surface area contributed by atoms with Gasteiger partial charge in [-0.2, -0.15) is 0 Å². The zero-order valence-corrected chi connectivity index (χ0v) is 8.35. The van der Waals surface area contributed by atoms with E-state index in [0.717, 1.165) is 11.4 Å². The molecule has 2 heteroatoms. The first-order valence-corrected chi connectivity index (χ1v) is 5.20. The van der Waals surface area contributed by atoms with Crippen molar-refractivity contribution in [3.05, 3.63) is 34.9 Å². The summed E-state index contributed by atoms with van der Waals surface area (Å²) in [6.45, 7) is 1.17. The lowest BCUT2D eigenvalue weighted by atomic mass is 10.1. The minimum absolute atomic E-state index is 0.665. The summed E-state index contributed by atoms with van der Waals surface area (Å²) in [6.07, 6.45) is 3.72. The predicted molar refractivity (Wildman–Crippen MR) is 56.2 cm³/mol. The molecule has 0 bridgehead atoms. The first-order valence-electron chi connectivity index (χ1n) is 4.82. The molecule has 13 heavy (non-hydrogen) atoms. The van der Waals surface area contributed by atoms with E-state index in [0.29, 0.717) is 6.04 Å². The maximum Gasteiger partial charge on any atom is 0.0408 e. The van der Waals surface area contributed by atoms with Crippen LogP contribution in [0.5, 0.6) is 0 Å². The molecule has 0 spiro atoms. The van der Waals surface area contributed by atoms with Gasteiger partial charge in [0, 0.05) is 11.1 Å². The standard InChI is InChI=1S/C11H14ClN/c12-10-4-1-3-9(7-10)8-11-5-2-6-13-11/h1,3-4,7,11,13H,2,5-6,8H2. The number of hydrogen-bond donors (Lipinski definition) is 1. The van der Waals surface area contributed by atoms with Crippen LogP contribution in [0.1, 0.15) is 18.4 Å². The SMILES string of the molecule is Clc1cccc(CC2CCCN2)c1. The summed E-state index contributed by atoms with van der Waals surface area (Å²) in [5.41, 5.74) is 1.34. The molecular weight excluding hydrogens is 182 g/mol. The van der Waals surface area contributed by atoms with E-state index in [9.17, 15) is 0 Å². The minimum atomic E-state index is 0.665. The van der Waals surface area contributed by atoms with Crippen LogP contribution in [0.15, 0.2) is 24.3 Å². The van der Waals surface area contributed by atoms with Gasteiger partial charge in [0.05, 0.1) is 0 Å². The molecule has 1 N–H and O–H groups in total. The Morgan fingerprint density at radius 2 is 2.38 bits per heavy atom. The molecule has 1 fully saturated rings. The van der Waals surface area contributed by atoms with E-state index in [1.807, 2.05) is 12.1 Å². The molecule has 1 saturated heterocycles. The molecule has 1 aromatic carbocycles. The van der Waals surface area contributed by atoms with Gasteiger partial charge in [-0.05, 0) is 43.5 Å². The van der Waals surface area contributed by atoms with Crippen LogP contribution in [0.3, 0.4) is 0 Å². The zero-order chi connectivity index (χ0) is 9.10. The van der Waals surface area contributed by atoms with Crippen LogP contribution in [0.25, 0.3) is 0 Å². The lowest BCUT2D eigenvalue weighted by Gasteiger charge is -2.09. The summed E-state index contributed by atoms with van der Waals surface area (Å²) in [5, 5.41) is 4.32. The number of halogens is 1. The average Bonchev–Trinajstić information content (AvgIpc) is 2.57. The predicted octanol–water partition coefficient (Wildman–Crippen LogP) is 2.63.